The van der Waals surface area contributed by atoms with Gasteiger partial charge in [-0.3, -0.25) is 0 Å². The van der Waals surface area contributed by atoms with E-state index >= 15 is 0 Å². The molecular weight excluding hydrogens is 450 g/mol. The molecule has 0 bridgehead atoms. The maximum atomic E-state index is 0. The van der Waals surface area contributed by atoms with Crippen molar-refractivity contribution in [1.82, 2.24) is 0 Å². The van der Waals surface area contributed by atoms with Gasteiger partial charge in [-0.1, -0.05) is 0 Å². The molecule has 6 heavy (non-hydrogen) atoms. The molecule has 0 atom stereocenters. The molecule has 0 aromatic heterocycles. The van der Waals surface area contributed by atoms with E-state index in [1.807, 2.05) is 0 Å². The average Bonchev–Trinajstić information content (AvgIpc) is 0. The average molecular weight is 450 g/mol. The van der Waals surface area contributed by atoms with E-state index in [1.165, 1.54) is 0 Å². The van der Waals surface area contributed by atoms with Crippen LogP contribution in [0.5, 0.6) is 0 Å². The Morgan fingerprint density at radius 2 is 1.00 bits per heavy atom. The van der Waals surface area contributed by atoms with Gasteiger partial charge in [-0.05, 0) is 0 Å². The van der Waals surface area contributed by atoms with Crippen LogP contribution in [0.3, 0.4) is 0 Å². The zero-order valence-corrected chi connectivity index (χ0v) is 12.7. The fourth-order valence-electron chi connectivity index (χ4n) is 0. The topological polar surface area (TPSA) is 0 Å². The van der Waals surface area contributed by atoms with Crippen molar-refractivity contribution in [2.45, 2.75) is 0 Å². The largest absolute Gasteiger partial charge is 0 e. The van der Waals surface area contributed by atoms with Crippen molar-refractivity contribution in [3.05, 3.63) is 0 Å². The molecule has 2 radical (unpaired) electrons. The maximum Gasteiger partial charge on any atom is 0 e. The first-order chi connectivity index (χ1) is 0. The molecule has 0 heterocycles. The Labute approximate surface area is 133 Å². The molecule has 0 saturated heterocycles. The summed E-state index contributed by atoms with van der Waals surface area (Å²) in [6.45, 7) is 0. The Hall–Kier alpha value is 4.36. The molecule has 0 aromatic rings. The Bertz CT molecular complexity index is 15.5. The van der Waals surface area contributed by atoms with E-state index in [1.54, 1.807) is 0 Å². The van der Waals surface area contributed by atoms with Crippen LogP contribution in [0, 0.1) is 41.7 Å². The molecule has 0 aliphatic carbocycles. The third-order valence-electron chi connectivity index (χ3n) is 0. The summed E-state index contributed by atoms with van der Waals surface area (Å²) in [6, 6.07) is 0. The van der Waals surface area contributed by atoms with Crippen LogP contribution in [0.1, 0.15) is 0 Å². The van der Waals surface area contributed by atoms with Gasteiger partial charge in [0.25, 0.3) is 0 Å². The second-order valence-electron chi connectivity index (χ2n) is 0. The second kappa shape index (κ2) is 34.4. The molecule has 0 spiro atoms. The standard InChI is InChI=1S/Ce.Fe.Mn.Nb.Ni.Ti. The van der Waals surface area contributed by atoms with Crippen molar-refractivity contribution in [3.63, 3.8) is 0 Å². The van der Waals surface area contributed by atoms with Gasteiger partial charge < -0.3 is 0 Å². The Balaban J connectivity index is 0. The molecular formula is CeFeMnNbNiTi. The van der Waals surface area contributed by atoms with Crippen molar-refractivity contribution in [1.29, 1.82) is 0 Å². The Kier molecular flexibility index (Phi) is 274. The van der Waals surface area contributed by atoms with Crippen LogP contribution < -0.4 is 0 Å². The summed E-state index contributed by atoms with van der Waals surface area (Å²) >= 11 is 0. The number of hydrogen-bond donors (Lipinski definition) is 0. The molecule has 0 unspecified atom stereocenters. The zero-order valence-electron chi connectivity index (χ0n) is 2.49. The van der Waals surface area contributed by atoms with Gasteiger partial charge in [-0.25, -0.2) is 0 Å². The SMILES string of the molecule is [Ce].[Fe].[Mn].[Nb].[Ni].[Ti]. The van der Waals surface area contributed by atoms with Crippen LogP contribution in [-0.4, -0.2) is 0 Å². The minimum Gasteiger partial charge on any atom is 0 e. The van der Waals surface area contributed by atoms with Gasteiger partial charge >= 0.3 is 0 Å². The molecule has 0 aliphatic heterocycles. The van der Waals surface area contributed by atoms with Crippen LogP contribution in [0.15, 0.2) is 0 Å². The Morgan fingerprint density at radius 3 is 1.00 bits per heavy atom. The van der Waals surface area contributed by atoms with Crippen molar-refractivity contribution >= 4 is 0 Å². The summed E-state index contributed by atoms with van der Waals surface area (Å²) in [6.07, 6.45) is 0. The van der Waals surface area contributed by atoms with Gasteiger partial charge in [-0.15, -0.1) is 0 Å². The minimum absolute atomic E-state index is 0. The summed E-state index contributed by atoms with van der Waals surface area (Å²) in [5, 5.41) is 0. The summed E-state index contributed by atoms with van der Waals surface area (Å²) in [5.74, 6) is 0. The van der Waals surface area contributed by atoms with Crippen molar-refractivity contribution in [2.75, 3.05) is 0 Å². The van der Waals surface area contributed by atoms with Gasteiger partial charge in [0.05, 0.1) is 0 Å². The smallest absolute Gasteiger partial charge is 0 e. The van der Waals surface area contributed by atoms with Gasteiger partial charge in [0, 0.05) is 136 Å². The van der Waals surface area contributed by atoms with Crippen LogP contribution in [0.4, 0.5) is 0 Å². The van der Waals surface area contributed by atoms with E-state index in [4.69, 9.17) is 0 Å². The van der Waals surface area contributed by atoms with Crippen molar-refractivity contribution in [3.8, 4) is 0 Å². The molecule has 0 aromatic carbocycles. The first-order valence-electron chi connectivity index (χ1n) is 0. The third kappa shape index (κ3) is 23.8. The number of rotatable bonds is 0. The fraction of sp³-hybridized carbons (Fsp3) is 0. The maximum absolute atomic E-state index is 0. The molecule has 0 rings (SSSR count). The van der Waals surface area contributed by atoms with E-state index in [0.29, 0.717) is 0 Å². The zero-order chi connectivity index (χ0) is 0. The summed E-state index contributed by atoms with van der Waals surface area (Å²) in [7, 11) is 0. The van der Waals surface area contributed by atoms with E-state index in [0.717, 1.165) is 0 Å². The minimum atomic E-state index is 0. The van der Waals surface area contributed by atoms with E-state index in [9.17, 15) is 0 Å². The van der Waals surface area contributed by atoms with Gasteiger partial charge in [-0.2, -0.15) is 0 Å². The Morgan fingerprint density at radius 1 is 1.00 bits per heavy atom. The summed E-state index contributed by atoms with van der Waals surface area (Å²) in [4.78, 5) is 0. The van der Waals surface area contributed by atoms with Gasteiger partial charge in [0.15, 0.2) is 0 Å². The van der Waals surface area contributed by atoms with Crippen molar-refractivity contribution in [2.24, 2.45) is 0 Å². The van der Waals surface area contributed by atoms with Gasteiger partial charge in [0.2, 0.25) is 0 Å². The van der Waals surface area contributed by atoms with Crippen LogP contribution in [0.2, 0.25) is 0 Å². The van der Waals surface area contributed by atoms with Crippen LogP contribution in [0.25, 0.3) is 0 Å². The molecule has 0 N–H and O–H groups in total. The van der Waals surface area contributed by atoms with Crippen molar-refractivity contribution < 1.29 is 136 Å². The molecule has 0 saturated carbocycles. The monoisotopic (exact) mass is 450 g/mol. The molecule has 6 heteroatoms. The predicted molar refractivity (Wildman–Crippen MR) is 0 cm³/mol. The van der Waals surface area contributed by atoms with Crippen LogP contribution in [-0.2, 0) is 94.7 Å². The molecule has 0 fully saturated rings. The van der Waals surface area contributed by atoms with E-state index in [2.05, 4.69) is 0 Å². The predicted octanol–water partition coefficient (Wildman–Crippen LogP) is -0.0125. The van der Waals surface area contributed by atoms with E-state index in [-0.39, 0.29) is 136 Å². The van der Waals surface area contributed by atoms with Gasteiger partial charge in [0.1, 0.15) is 0 Å². The summed E-state index contributed by atoms with van der Waals surface area (Å²) in [5.41, 5.74) is 0. The fourth-order valence-corrected chi connectivity index (χ4v) is 0. The summed E-state index contributed by atoms with van der Waals surface area (Å²) < 4.78 is 0. The van der Waals surface area contributed by atoms with E-state index < -0.39 is 0 Å². The molecule has 0 aliphatic rings. The normalized spacial score (nSPS) is 0. The third-order valence-corrected chi connectivity index (χ3v) is 0. The molecule has 0 nitrogen and oxygen atoms in total. The van der Waals surface area contributed by atoms with Crippen LogP contribution >= 0.6 is 0 Å². The quantitative estimate of drug-likeness (QED) is 0.456. The second-order valence-corrected chi connectivity index (χ2v) is 0. The number of hydrogen-bond acceptors (Lipinski definition) is 0. The molecule has 0 amide bonds. The first kappa shape index (κ1) is 47.7. The molecule has 38 valence electrons. The first-order valence-corrected chi connectivity index (χ1v) is 0.